The number of hydrogen-bond donors (Lipinski definition) is 2. The third kappa shape index (κ3) is 4.63. The molecule has 3 rings (SSSR count). The van der Waals surface area contributed by atoms with E-state index in [0.717, 1.165) is 11.1 Å². The molecule has 5 nitrogen and oxygen atoms in total. The van der Waals surface area contributed by atoms with Crippen molar-refractivity contribution in [3.05, 3.63) is 100 Å². The quantitative estimate of drug-likeness (QED) is 0.597. The lowest BCUT2D eigenvalue weighted by atomic mass is 9.95. The second kappa shape index (κ2) is 9.18. The summed E-state index contributed by atoms with van der Waals surface area (Å²) in [5.74, 6) is -0.824. The number of rotatable bonds is 6. The highest BCUT2D eigenvalue weighted by Crippen LogP contribution is 2.19. The van der Waals surface area contributed by atoms with Gasteiger partial charge in [0.15, 0.2) is 5.78 Å². The summed E-state index contributed by atoms with van der Waals surface area (Å²) in [5.41, 5.74) is 4.21. The Hall–Kier alpha value is -3.73. The lowest BCUT2D eigenvalue weighted by Crippen LogP contribution is -2.23. The molecule has 5 heteroatoms. The van der Waals surface area contributed by atoms with E-state index >= 15 is 0 Å². The number of carbonyl (C=O) groups excluding carboxylic acids is 3. The van der Waals surface area contributed by atoms with Gasteiger partial charge in [-0.3, -0.25) is 14.4 Å². The minimum atomic E-state index is -0.407. The van der Waals surface area contributed by atoms with Crippen molar-refractivity contribution >= 4 is 23.3 Å². The minimum Gasteiger partial charge on any atom is -0.352 e. The van der Waals surface area contributed by atoms with Gasteiger partial charge in [-0.2, -0.15) is 0 Å². The number of aryl methyl sites for hydroxylation is 2. The second-order valence-corrected chi connectivity index (χ2v) is 7.07. The van der Waals surface area contributed by atoms with Crippen LogP contribution in [0.4, 0.5) is 5.69 Å². The van der Waals surface area contributed by atoms with E-state index in [1.54, 1.807) is 54.6 Å². The largest absolute Gasteiger partial charge is 0.352 e. The highest BCUT2D eigenvalue weighted by molar-refractivity contribution is 6.17. The predicted octanol–water partition coefficient (Wildman–Crippen LogP) is 4.54. The third-order valence-electron chi connectivity index (χ3n) is 4.91. The molecule has 0 aliphatic carbocycles. The van der Waals surface area contributed by atoms with Crippen LogP contribution in [0.3, 0.4) is 0 Å². The van der Waals surface area contributed by atoms with Gasteiger partial charge in [0.25, 0.3) is 11.8 Å². The van der Waals surface area contributed by atoms with Gasteiger partial charge in [0.05, 0.1) is 5.56 Å². The summed E-state index contributed by atoms with van der Waals surface area (Å²) < 4.78 is 0. The maximum Gasteiger partial charge on any atom is 0.256 e. The van der Waals surface area contributed by atoms with E-state index in [0.29, 0.717) is 28.9 Å². The number of anilines is 1. The summed E-state index contributed by atoms with van der Waals surface area (Å²) in [4.78, 5) is 38.0. The van der Waals surface area contributed by atoms with Crippen LogP contribution in [-0.4, -0.2) is 24.1 Å². The van der Waals surface area contributed by atoms with Crippen LogP contribution in [0, 0.1) is 13.8 Å². The Bertz CT molecular complexity index is 1120. The first-order valence-corrected chi connectivity index (χ1v) is 9.81. The van der Waals surface area contributed by atoms with E-state index in [1.807, 2.05) is 32.9 Å². The van der Waals surface area contributed by atoms with Crippen molar-refractivity contribution in [3.8, 4) is 0 Å². The molecule has 3 aromatic rings. The Kier molecular flexibility index (Phi) is 6.42. The second-order valence-electron chi connectivity index (χ2n) is 7.07. The Morgan fingerprint density at radius 1 is 0.733 bits per heavy atom. The van der Waals surface area contributed by atoms with E-state index in [9.17, 15) is 14.4 Å². The number of carbonyl (C=O) groups is 3. The van der Waals surface area contributed by atoms with Crippen LogP contribution in [-0.2, 0) is 0 Å². The van der Waals surface area contributed by atoms with Gasteiger partial charge in [-0.1, -0.05) is 36.4 Å². The smallest absolute Gasteiger partial charge is 0.256 e. The van der Waals surface area contributed by atoms with E-state index in [2.05, 4.69) is 10.6 Å². The van der Waals surface area contributed by atoms with Gasteiger partial charge < -0.3 is 10.6 Å². The fraction of sp³-hybridized carbons (Fsp3) is 0.160. The van der Waals surface area contributed by atoms with Gasteiger partial charge in [-0.15, -0.1) is 0 Å². The van der Waals surface area contributed by atoms with Crippen molar-refractivity contribution in [2.24, 2.45) is 0 Å². The van der Waals surface area contributed by atoms with Crippen molar-refractivity contribution in [1.29, 1.82) is 0 Å². The normalized spacial score (nSPS) is 10.4. The molecule has 0 saturated heterocycles. The average molecular weight is 400 g/mol. The molecule has 0 aromatic heterocycles. The molecular weight excluding hydrogens is 376 g/mol. The molecule has 2 amide bonds. The lowest BCUT2D eigenvalue weighted by molar-refractivity contribution is 0.0954. The van der Waals surface area contributed by atoms with E-state index < -0.39 is 5.91 Å². The fourth-order valence-corrected chi connectivity index (χ4v) is 3.12. The predicted molar refractivity (Wildman–Crippen MR) is 118 cm³/mol. The Morgan fingerprint density at radius 3 is 2.17 bits per heavy atom. The van der Waals surface area contributed by atoms with Crippen LogP contribution in [0.2, 0.25) is 0 Å². The number of nitrogens with one attached hydrogen (secondary N) is 2. The van der Waals surface area contributed by atoms with E-state index in [-0.39, 0.29) is 17.3 Å². The van der Waals surface area contributed by atoms with Crippen molar-refractivity contribution < 1.29 is 14.4 Å². The first-order chi connectivity index (χ1) is 14.4. The molecule has 30 heavy (non-hydrogen) atoms. The van der Waals surface area contributed by atoms with Crippen LogP contribution in [0.1, 0.15) is 54.7 Å². The van der Waals surface area contributed by atoms with Crippen LogP contribution in [0.25, 0.3) is 0 Å². The molecule has 0 fully saturated rings. The number of hydrogen-bond acceptors (Lipinski definition) is 3. The van der Waals surface area contributed by atoms with Crippen molar-refractivity contribution in [1.82, 2.24) is 5.32 Å². The van der Waals surface area contributed by atoms with Gasteiger partial charge in [0.1, 0.15) is 0 Å². The molecule has 0 heterocycles. The Labute approximate surface area is 176 Å². The van der Waals surface area contributed by atoms with Crippen LogP contribution in [0.15, 0.2) is 66.7 Å². The summed E-state index contributed by atoms with van der Waals surface area (Å²) in [5, 5.41) is 5.52. The van der Waals surface area contributed by atoms with Gasteiger partial charge >= 0.3 is 0 Å². The summed E-state index contributed by atoms with van der Waals surface area (Å²) in [6.45, 7) is 6.29. The number of ketones is 1. The maximum atomic E-state index is 13.1. The first-order valence-electron chi connectivity index (χ1n) is 9.81. The average Bonchev–Trinajstić information content (AvgIpc) is 2.75. The number of benzene rings is 3. The van der Waals surface area contributed by atoms with Gasteiger partial charge in [-0.05, 0) is 62.2 Å². The van der Waals surface area contributed by atoms with Gasteiger partial charge in [-0.25, -0.2) is 0 Å². The molecule has 0 radical (unpaired) electrons. The maximum absolute atomic E-state index is 13.1. The van der Waals surface area contributed by atoms with Crippen LogP contribution >= 0.6 is 0 Å². The molecule has 152 valence electrons. The molecule has 0 saturated carbocycles. The minimum absolute atomic E-state index is 0.208. The van der Waals surface area contributed by atoms with Crippen LogP contribution < -0.4 is 10.6 Å². The van der Waals surface area contributed by atoms with Crippen molar-refractivity contribution in [3.63, 3.8) is 0 Å². The lowest BCUT2D eigenvalue weighted by Gasteiger charge is -2.11. The topological polar surface area (TPSA) is 75.3 Å². The third-order valence-corrected chi connectivity index (χ3v) is 4.91. The summed E-state index contributed by atoms with van der Waals surface area (Å²) in [7, 11) is 0. The first kappa shape index (κ1) is 21.0. The summed E-state index contributed by atoms with van der Waals surface area (Å²) >= 11 is 0. The SMILES string of the molecule is CCNC(=O)c1cccc(NC(=O)c2ccccc2C(=O)c2ccc(C)c(C)c2)c1. The molecule has 0 bridgehead atoms. The molecular formula is C25H24N2O3. The fourth-order valence-electron chi connectivity index (χ4n) is 3.12. The monoisotopic (exact) mass is 400 g/mol. The highest BCUT2D eigenvalue weighted by atomic mass is 16.2. The molecule has 3 aromatic carbocycles. The molecule has 0 unspecified atom stereocenters. The van der Waals surface area contributed by atoms with Gasteiger partial charge in [0.2, 0.25) is 0 Å². The zero-order valence-corrected chi connectivity index (χ0v) is 17.3. The van der Waals surface area contributed by atoms with Crippen molar-refractivity contribution in [2.75, 3.05) is 11.9 Å². The number of amides is 2. The standard InChI is InChI=1S/C25H24N2O3/c1-4-26-24(29)19-8-7-9-20(15-19)27-25(30)22-11-6-5-10-21(22)23(28)18-13-12-16(2)17(3)14-18/h5-15H,4H2,1-3H3,(H,26,29)(H,27,30). The van der Waals surface area contributed by atoms with Crippen molar-refractivity contribution in [2.45, 2.75) is 20.8 Å². The summed E-state index contributed by atoms with van der Waals surface area (Å²) in [6, 6.07) is 18.9. The van der Waals surface area contributed by atoms with Gasteiger partial charge in [0, 0.05) is 28.9 Å². The van der Waals surface area contributed by atoms with E-state index in [4.69, 9.17) is 0 Å². The molecule has 2 N–H and O–H groups in total. The highest BCUT2D eigenvalue weighted by Gasteiger charge is 2.19. The Morgan fingerprint density at radius 2 is 1.47 bits per heavy atom. The van der Waals surface area contributed by atoms with E-state index in [1.165, 1.54) is 0 Å². The molecule has 0 spiro atoms. The zero-order chi connectivity index (χ0) is 21.7. The molecule has 0 atom stereocenters. The zero-order valence-electron chi connectivity index (χ0n) is 17.3. The Balaban J connectivity index is 1.88. The molecule has 0 aliphatic heterocycles. The van der Waals surface area contributed by atoms with Crippen LogP contribution in [0.5, 0.6) is 0 Å². The summed E-state index contributed by atoms with van der Waals surface area (Å²) in [6.07, 6.45) is 0. The molecule has 0 aliphatic rings.